The van der Waals surface area contributed by atoms with Crippen molar-refractivity contribution in [1.29, 1.82) is 0 Å². The molecule has 1 heterocycles. The maximum absolute atomic E-state index is 12.3. The molecule has 1 amide bonds. The third kappa shape index (κ3) is 3.70. The van der Waals surface area contributed by atoms with Crippen LogP contribution in [0.5, 0.6) is 0 Å². The van der Waals surface area contributed by atoms with E-state index in [-0.39, 0.29) is 16.3 Å². The van der Waals surface area contributed by atoms with Gasteiger partial charge in [0.1, 0.15) is 0 Å². The molecule has 3 rings (SSSR count). The Hall–Kier alpha value is -3.12. The van der Waals surface area contributed by atoms with Gasteiger partial charge in [0.05, 0.1) is 17.7 Å². The summed E-state index contributed by atoms with van der Waals surface area (Å²) in [6.07, 6.45) is 0. The number of ether oxygens (including phenoxy) is 1. The van der Waals surface area contributed by atoms with Crippen LogP contribution in [0.4, 0.5) is 5.69 Å². The molecule has 0 fully saturated rings. The number of esters is 1. The third-order valence-electron chi connectivity index (χ3n) is 3.43. The lowest BCUT2D eigenvalue weighted by molar-refractivity contribution is 0.0600. The summed E-state index contributed by atoms with van der Waals surface area (Å²) in [5.74, 6) is -0.574. The van der Waals surface area contributed by atoms with Gasteiger partial charge in [-0.05, 0) is 18.2 Å². The van der Waals surface area contributed by atoms with Crippen LogP contribution in [-0.4, -0.2) is 24.1 Å². The summed E-state index contributed by atoms with van der Waals surface area (Å²) < 4.78 is 9.85. The van der Waals surface area contributed by atoms with Crippen molar-refractivity contribution in [2.45, 2.75) is 0 Å². The molecule has 7 heteroatoms. The average Bonchev–Trinajstić information content (AvgIpc) is 3.14. The van der Waals surface area contributed by atoms with Crippen LogP contribution >= 0.6 is 11.6 Å². The van der Waals surface area contributed by atoms with Gasteiger partial charge >= 0.3 is 5.97 Å². The minimum absolute atomic E-state index is 0.119. The molecule has 1 aromatic heterocycles. The number of nitrogens with zero attached hydrogens (tertiary/aromatic N) is 1. The zero-order chi connectivity index (χ0) is 17.8. The fraction of sp³-hybridized carbons (Fsp3) is 0.0556. The number of rotatable bonds is 4. The molecule has 0 bridgehead atoms. The van der Waals surface area contributed by atoms with Crippen LogP contribution in [0.25, 0.3) is 11.3 Å². The fourth-order valence-corrected chi connectivity index (χ4v) is 2.38. The van der Waals surface area contributed by atoms with Crippen molar-refractivity contribution in [3.63, 3.8) is 0 Å². The molecule has 2 aromatic carbocycles. The van der Waals surface area contributed by atoms with E-state index in [2.05, 4.69) is 15.2 Å². The first-order valence-corrected chi connectivity index (χ1v) is 7.67. The van der Waals surface area contributed by atoms with Gasteiger partial charge in [0, 0.05) is 17.3 Å². The molecule has 0 aliphatic rings. The Labute approximate surface area is 148 Å². The smallest absolute Gasteiger partial charge is 0.339 e. The van der Waals surface area contributed by atoms with Crippen molar-refractivity contribution >= 4 is 29.2 Å². The van der Waals surface area contributed by atoms with Crippen molar-refractivity contribution in [2.24, 2.45) is 0 Å². The van der Waals surface area contributed by atoms with Crippen molar-refractivity contribution in [3.8, 4) is 11.3 Å². The molecule has 6 nitrogen and oxygen atoms in total. The number of hydrogen-bond acceptors (Lipinski definition) is 5. The van der Waals surface area contributed by atoms with Crippen LogP contribution in [-0.2, 0) is 4.74 Å². The second-order valence-corrected chi connectivity index (χ2v) is 5.49. The maximum atomic E-state index is 12.3. The van der Waals surface area contributed by atoms with E-state index in [1.54, 1.807) is 12.1 Å². The summed E-state index contributed by atoms with van der Waals surface area (Å²) in [7, 11) is 1.25. The van der Waals surface area contributed by atoms with Crippen LogP contribution in [0.2, 0.25) is 5.02 Å². The van der Waals surface area contributed by atoms with Crippen LogP contribution in [0.1, 0.15) is 20.8 Å². The van der Waals surface area contributed by atoms with Crippen molar-refractivity contribution < 1.29 is 18.8 Å². The van der Waals surface area contributed by atoms with Crippen LogP contribution in [0.3, 0.4) is 0 Å². The number of amides is 1. The molecule has 0 radical (unpaired) electrons. The first kappa shape index (κ1) is 16.7. The minimum atomic E-state index is -0.589. The molecule has 1 N–H and O–H groups in total. The van der Waals surface area contributed by atoms with E-state index in [0.29, 0.717) is 11.4 Å². The van der Waals surface area contributed by atoms with Gasteiger partial charge in [0.25, 0.3) is 5.91 Å². The van der Waals surface area contributed by atoms with E-state index in [9.17, 15) is 9.59 Å². The topological polar surface area (TPSA) is 81.4 Å². The van der Waals surface area contributed by atoms with E-state index in [1.165, 1.54) is 19.2 Å². The first-order valence-electron chi connectivity index (χ1n) is 7.30. The van der Waals surface area contributed by atoms with Gasteiger partial charge in [-0.3, -0.25) is 4.79 Å². The molecule has 0 aliphatic carbocycles. The largest absolute Gasteiger partial charge is 0.465 e. The first-order chi connectivity index (χ1) is 12.1. The number of hydrogen-bond donors (Lipinski definition) is 1. The molecule has 25 heavy (non-hydrogen) atoms. The lowest BCUT2D eigenvalue weighted by Gasteiger charge is -2.06. The maximum Gasteiger partial charge on any atom is 0.339 e. The monoisotopic (exact) mass is 356 g/mol. The molecule has 0 spiro atoms. The number of nitrogens with one attached hydrogen (secondary N) is 1. The third-order valence-corrected chi connectivity index (χ3v) is 3.76. The van der Waals surface area contributed by atoms with Gasteiger partial charge in [-0.15, -0.1) is 0 Å². The van der Waals surface area contributed by atoms with Gasteiger partial charge in [0.15, 0.2) is 11.5 Å². The highest BCUT2D eigenvalue weighted by molar-refractivity contribution is 6.33. The summed E-state index contributed by atoms with van der Waals surface area (Å²) in [6, 6.07) is 15.4. The number of aromatic nitrogens is 1. The molecule has 0 saturated heterocycles. The molecule has 0 saturated carbocycles. The minimum Gasteiger partial charge on any atom is -0.465 e. The van der Waals surface area contributed by atoms with Gasteiger partial charge in [-0.2, -0.15) is 0 Å². The Morgan fingerprint density at radius 2 is 1.88 bits per heavy atom. The number of carbonyl (C=O) groups is 2. The Bertz CT molecular complexity index is 922. The average molecular weight is 357 g/mol. The molecule has 126 valence electrons. The van der Waals surface area contributed by atoms with Crippen LogP contribution in [0, 0.1) is 0 Å². The summed E-state index contributed by atoms with van der Waals surface area (Å²) >= 11 is 5.95. The van der Waals surface area contributed by atoms with Crippen LogP contribution in [0.15, 0.2) is 59.1 Å². The summed E-state index contributed by atoms with van der Waals surface area (Å²) in [5, 5.41) is 6.65. The molecule has 0 unspecified atom stereocenters. The number of benzene rings is 2. The molecule has 3 aromatic rings. The highest BCUT2D eigenvalue weighted by Gasteiger charge is 2.16. The Morgan fingerprint density at radius 1 is 1.12 bits per heavy atom. The predicted octanol–water partition coefficient (Wildman–Crippen LogP) is 4.03. The van der Waals surface area contributed by atoms with Crippen molar-refractivity contribution in [1.82, 2.24) is 5.16 Å². The SMILES string of the molecule is COC(=O)c1cc(NC(=O)c2cc(-c3ccccc3)on2)ccc1Cl. The van der Waals surface area contributed by atoms with E-state index >= 15 is 0 Å². The Kier molecular flexibility index (Phi) is 4.81. The summed E-state index contributed by atoms with van der Waals surface area (Å²) in [4.78, 5) is 24.0. The number of carbonyl (C=O) groups excluding carboxylic acids is 2. The predicted molar refractivity (Wildman–Crippen MR) is 92.7 cm³/mol. The normalized spacial score (nSPS) is 10.3. The highest BCUT2D eigenvalue weighted by Crippen LogP contribution is 2.23. The highest BCUT2D eigenvalue weighted by atomic mass is 35.5. The van der Waals surface area contributed by atoms with Crippen molar-refractivity contribution in [3.05, 3.63) is 70.9 Å². The molecule has 0 atom stereocenters. The van der Waals surface area contributed by atoms with E-state index in [1.807, 2.05) is 30.3 Å². The molecule has 0 aliphatic heterocycles. The standard InChI is InChI=1S/C18H13ClN2O4/c1-24-18(23)13-9-12(7-8-14(13)19)20-17(22)15-10-16(25-21-15)11-5-3-2-4-6-11/h2-10H,1H3,(H,20,22). The number of anilines is 1. The zero-order valence-electron chi connectivity index (χ0n) is 13.2. The quantitative estimate of drug-likeness (QED) is 0.713. The Morgan fingerprint density at radius 3 is 2.60 bits per heavy atom. The second kappa shape index (κ2) is 7.19. The van der Waals surface area contributed by atoms with Crippen molar-refractivity contribution in [2.75, 3.05) is 12.4 Å². The van der Waals surface area contributed by atoms with E-state index in [0.717, 1.165) is 5.56 Å². The Balaban J connectivity index is 1.79. The number of methoxy groups -OCH3 is 1. The zero-order valence-corrected chi connectivity index (χ0v) is 13.9. The van der Waals surface area contributed by atoms with Gasteiger partial charge in [0.2, 0.25) is 0 Å². The lowest BCUT2D eigenvalue weighted by atomic mass is 10.1. The fourth-order valence-electron chi connectivity index (χ4n) is 2.19. The van der Waals surface area contributed by atoms with E-state index in [4.69, 9.17) is 16.1 Å². The summed E-state index contributed by atoms with van der Waals surface area (Å²) in [6.45, 7) is 0. The molecular weight excluding hydrogens is 344 g/mol. The van der Waals surface area contributed by atoms with Gasteiger partial charge in [-0.1, -0.05) is 47.1 Å². The van der Waals surface area contributed by atoms with E-state index < -0.39 is 11.9 Å². The lowest BCUT2D eigenvalue weighted by Crippen LogP contribution is -2.13. The second-order valence-electron chi connectivity index (χ2n) is 5.08. The number of halogens is 1. The van der Waals surface area contributed by atoms with Crippen LogP contribution < -0.4 is 5.32 Å². The van der Waals surface area contributed by atoms with Gasteiger partial charge in [-0.25, -0.2) is 4.79 Å². The summed E-state index contributed by atoms with van der Waals surface area (Å²) in [5.41, 5.74) is 1.48. The van der Waals surface area contributed by atoms with Gasteiger partial charge < -0.3 is 14.6 Å². The molecular formula is C18H13ClN2O4.